The van der Waals surface area contributed by atoms with E-state index in [1.54, 1.807) is 0 Å². The maximum atomic E-state index is 12.3. The Kier molecular flexibility index (Phi) is 4.47. The summed E-state index contributed by atoms with van der Waals surface area (Å²) >= 11 is 2.23. The van der Waals surface area contributed by atoms with Gasteiger partial charge in [0.1, 0.15) is 0 Å². The molecular formula is C16H19IN2O2. The Labute approximate surface area is 138 Å². The van der Waals surface area contributed by atoms with E-state index in [-0.39, 0.29) is 17.7 Å². The highest BCUT2D eigenvalue weighted by Crippen LogP contribution is 2.32. The zero-order valence-electron chi connectivity index (χ0n) is 11.8. The number of piperidine rings is 1. The molecule has 0 aromatic heterocycles. The van der Waals surface area contributed by atoms with Crippen molar-refractivity contribution in [1.29, 1.82) is 0 Å². The zero-order chi connectivity index (χ0) is 14.8. The molecule has 1 aromatic carbocycles. The van der Waals surface area contributed by atoms with E-state index in [2.05, 4.69) is 27.9 Å². The quantitative estimate of drug-likeness (QED) is 0.797. The van der Waals surface area contributed by atoms with Crippen LogP contribution in [-0.2, 0) is 9.59 Å². The first-order valence-electron chi connectivity index (χ1n) is 7.49. The minimum Gasteiger partial charge on any atom is -0.342 e. The van der Waals surface area contributed by atoms with Crippen molar-refractivity contribution in [1.82, 2.24) is 4.90 Å². The second-order valence-corrected chi connectivity index (χ2v) is 7.12. The fourth-order valence-corrected chi connectivity index (χ4v) is 3.30. The van der Waals surface area contributed by atoms with Crippen LogP contribution in [0.2, 0.25) is 0 Å². The summed E-state index contributed by atoms with van der Waals surface area (Å²) in [5.41, 5.74) is 0.850. The second kappa shape index (κ2) is 6.34. The fraction of sp³-hybridized carbons (Fsp3) is 0.500. The average molecular weight is 398 g/mol. The van der Waals surface area contributed by atoms with Crippen LogP contribution >= 0.6 is 22.6 Å². The van der Waals surface area contributed by atoms with Crippen LogP contribution in [0.4, 0.5) is 5.69 Å². The standard InChI is InChI=1S/C16H19IN2O2/c17-13-2-1-3-14(10-13)18-15(20)11-6-8-19(9-7-11)16(21)12-4-5-12/h1-3,10-12H,4-9H2,(H,18,20). The Bertz CT molecular complexity index is 549. The fourth-order valence-electron chi connectivity index (χ4n) is 2.76. The summed E-state index contributed by atoms with van der Waals surface area (Å²) < 4.78 is 1.11. The monoisotopic (exact) mass is 398 g/mol. The minimum absolute atomic E-state index is 0.0196. The highest BCUT2D eigenvalue weighted by Gasteiger charge is 2.35. The van der Waals surface area contributed by atoms with Gasteiger partial charge in [0.05, 0.1) is 0 Å². The molecule has 0 spiro atoms. The number of halogens is 1. The van der Waals surface area contributed by atoms with Crippen LogP contribution in [0.25, 0.3) is 0 Å². The van der Waals surface area contributed by atoms with Crippen LogP contribution in [0.1, 0.15) is 25.7 Å². The van der Waals surface area contributed by atoms with E-state index in [1.165, 1.54) is 0 Å². The zero-order valence-corrected chi connectivity index (χ0v) is 14.0. The first kappa shape index (κ1) is 14.8. The molecule has 3 rings (SSSR count). The molecule has 5 heteroatoms. The molecule has 0 atom stereocenters. The van der Waals surface area contributed by atoms with Crippen molar-refractivity contribution in [2.45, 2.75) is 25.7 Å². The maximum absolute atomic E-state index is 12.3. The Hall–Kier alpha value is -1.11. The molecule has 1 N–H and O–H groups in total. The molecule has 2 aliphatic rings. The van der Waals surface area contributed by atoms with E-state index in [1.807, 2.05) is 29.2 Å². The van der Waals surface area contributed by atoms with Gasteiger partial charge in [-0.2, -0.15) is 0 Å². The Morgan fingerprint density at radius 3 is 2.43 bits per heavy atom. The van der Waals surface area contributed by atoms with Crippen molar-refractivity contribution in [3.8, 4) is 0 Å². The Morgan fingerprint density at radius 1 is 1.10 bits per heavy atom. The van der Waals surface area contributed by atoms with Gasteiger partial charge in [0.25, 0.3) is 0 Å². The van der Waals surface area contributed by atoms with Crippen molar-refractivity contribution >= 4 is 40.1 Å². The molecule has 2 fully saturated rings. The van der Waals surface area contributed by atoms with Crippen molar-refractivity contribution < 1.29 is 9.59 Å². The van der Waals surface area contributed by atoms with Gasteiger partial charge in [-0.15, -0.1) is 0 Å². The smallest absolute Gasteiger partial charge is 0.227 e. The predicted molar refractivity (Wildman–Crippen MR) is 89.8 cm³/mol. The summed E-state index contributed by atoms with van der Waals surface area (Å²) in [5, 5.41) is 2.98. The van der Waals surface area contributed by atoms with Crippen molar-refractivity contribution in [2.75, 3.05) is 18.4 Å². The van der Waals surface area contributed by atoms with E-state index in [9.17, 15) is 9.59 Å². The van der Waals surface area contributed by atoms with Gasteiger partial charge in [0.2, 0.25) is 11.8 Å². The number of benzene rings is 1. The summed E-state index contributed by atoms with van der Waals surface area (Å²) in [6.07, 6.45) is 3.64. The number of carbonyl (C=O) groups is 2. The number of hydrogen-bond acceptors (Lipinski definition) is 2. The number of amides is 2. The van der Waals surface area contributed by atoms with Gasteiger partial charge >= 0.3 is 0 Å². The van der Waals surface area contributed by atoms with Crippen LogP contribution in [0, 0.1) is 15.4 Å². The van der Waals surface area contributed by atoms with E-state index >= 15 is 0 Å². The van der Waals surface area contributed by atoms with E-state index < -0.39 is 0 Å². The molecule has 1 aliphatic carbocycles. The lowest BCUT2D eigenvalue weighted by atomic mass is 9.95. The highest BCUT2D eigenvalue weighted by atomic mass is 127. The largest absolute Gasteiger partial charge is 0.342 e. The average Bonchev–Trinajstić information content (AvgIpc) is 3.31. The lowest BCUT2D eigenvalue weighted by Gasteiger charge is -2.31. The van der Waals surface area contributed by atoms with Crippen LogP contribution < -0.4 is 5.32 Å². The second-order valence-electron chi connectivity index (χ2n) is 5.87. The Morgan fingerprint density at radius 2 is 1.81 bits per heavy atom. The number of hydrogen-bond donors (Lipinski definition) is 1. The maximum Gasteiger partial charge on any atom is 0.227 e. The predicted octanol–water partition coefficient (Wildman–Crippen LogP) is 2.88. The van der Waals surface area contributed by atoms with E-state index in [0.29, 0.717) is 5.91 Å². The molecule has 2 amide bonds. The number of anilines is 1. The molecule has 4 nitrogen and oxygen atoms in total. The molecule has 0 unspecified atom stereocenters. The first-order chi connectivity index (χ1) is 10.1. The van der Waals surface area contributed by atoms with Gasteiger partial charge in [-0.05, 0) is 66.5 Å². The van der Waals surface area contributed by atoms with Gasteiger partial charge in [-0.25, -0.2) is 0 Å². The molecule has 0 bridgehead atoms. The van der Waals surface area contributed by atoms with Gasteiger partial charge in [0, 0.05) is 34.2 Å². The lowest BCUT2D eigenvalue weighted by Crippen LogP contribution is -2.42. The van der Waals surface area contributed by atoms with Gasteiger partial charge < -0.3 is 10.2 Å². The molecule has 112 valence electrons. The van der Waals surface area contributed by atoms with Crippen LogP contribution in [0.5, 0.6) is 0 Å². The summed E-state index contributed by atoms with van der Waals surface area (Å²) in [7, 11) is 0. The van der Waals surface area contributed by atoms with Crippen LogP contribution in [0.15, 0.2) is 24.3 Å². The number of nitrogens with zero attached hydrogens (tertiary/aromatic N) is 1. The Balaban J connectivity index is 1.51. The third kappa shape index (κ3) is 3.75. The van der Waals surface area contributed by atoms with E-state index in [0.717, 1.165) is 48.0 Å². The summed E-state index contributed by atoms with van der Waals surface area (Å²) in [6.45, 7) is 1.44. The number of rotatable bonds is 3. The number of carbonyl (C=O) groups excluding carboxylic acids is 2. The highest BCUT2D eigenvalue weighted by molar-refractivity contribution is 14.1. The normalized spacial score (nSPS) is 19.4. The van der Waals surface area contributed by atoms with Crippen LogP contribution in [-0.4, -0.2) is 29.8 Å². The summed E-state index contributed by atoms with van der Waals surface area (Å²) in [5.74, 6) is 0.676. The van der Waals surface area contributed by atoms with Gasteiger partial charge in [0.15, 0.2) is 0 Å². The SMILES string of the molecule is O=C(Nc1cccc(I)c1)C1CCN(C(=O)C2CC2)CC1. The molecule has 1 aliphatic heterocycles. The molecule has 1 saturated heterocycles. The molecule has 1 heterocycles. The van der Waals surface area contributed by atoms with Gasteiger partial charge in [-0.3, -0.25) is 9.59 Å². The molecule has 0 radical (unpaired) electrons. The number of nitrogens with one attached hydrogen (secondary N) is 1. The summed E-state index contributed by atoms with van der Waals surface area (Å²) in [4.78, 5) is 26.2. The van der Waals surface area contributed by atoms with Gasteiger partial charge in [-0.1, -0.05) is 6.07 Å². The molecule has 1 saturated carbocycles. The molecule has 1 aromatic rings. The minimum atomic E-state index is 0.0196. The third-order valence-electron chi connectivity index (χ3n) is 4.20. The first-order valence-corrected chi connectivity index (χ1v) is 8.56. The third-order valence-corrected chi connectivity index (χ3v) is 4.87. The van der Waals surface area contributed by atoms with Crippen molar-refractivity contribution in [3.05, 3.63) is 27.8 Å². The van der Waals surface area contributed by atoms with E-state index in [4.69, 9.17) is 0 Å². The molecular weight excluding hydrogens is 379 g/mol. The van der Waals surface area contributed by atoms with Crippen molar-refractivity contribution in [2.24, 2.45) is 11.8 Å². The lowest BCUT2D eigenvalue weighted by molar-refractivity contribution is -0.135. The number of likely N-dealkylation sites (tertiary alicyclic amines) is 1. The van der Waals surface area contributed by atoms with Crippen LogP contribution in [0.3, 0.4) is 0 Å². The summed E-state index contributed by atoms with van der Waals surface area (Å²) in [6, 6.07) is 7.81. The van der Waals surface area contributed by atoms with Crippen molar-refractivity contribution in [3.63, 3.8) is 0 Å². The topological polar surface area (TPSA) is 49.4 Å². The molecule has 21 heavy (non-hydrogen) atoms.